The zero-order valence-corrected chi connectivity index (χ0v) is 14.8. The zero-order valence-electron chi connectivity index (χ0n) is 14.8. The number of carbonyl (C=O) groups is 1. The molecule has 0 saturated heterocycles. The molecule has 0 bridgehead atoms. The Bertz CT molecular complexity index is 1050. The molecule has 3 aromatic rings. The van der Waals surface area contributed by atoms with Crippen LogP contribution in [-0.2, 0) is 6.54 Å². The van der Waals surface area contributed by atoms with Gasteiger partial charge in [-0.1, -0.05) is 6.07 Å². The summed E-state index contributed by atoms with van der Waals surface area (Å²) in [6, 6.07) is 8.15. The number of phenolic OH excluding ortho intramolecular Hbond substituents is 1. The van der Waals surface area contributed by atoms with E-state index in [0.717, 1.165) is 5.56 Å². The number of aromatic hydroxyl groups is 1. The van der Waals surface area contributed by atoms with E-state index in [-0.39, 0.29) is 34.3 Å². The number of anilines is 3. The van der Waals surface area contributed by atoms with Gasteiger partial charge in [-0.25, -0.2) is 0 Å². The Morgan fingerprint density at radius 3 is 2.41 bits per heavy atom. The number of nitrogens with zero attached hydrogens (tertiary/aromatic N) is 2. The van der Waals surface area contributed by atoms with Gasteiger partial charge in [-0.3, -0.25) is 19.4 Å². The van der Waals surface area contributed by atoms with Crippen LogP contribution in [0.15, 0.2) is 52.3 Å². The van der Waals surface area contributed by atoms with Crippen molar-refractivity contribution < 1.29 is 9.90 Å². The van der Waals surface area contributed by atoms with E-state index in [1.54, 1.807) is 44.7 Å². The summed E-state index contributed by atoms with van der Waals surface area (Å²) < 4.78 is 0. The van der Waals surface area contributed by atoms with E-state index in [9.17, 15) is 19.5 Å². The Balaban J connectivity index is 1.84. The lowest BCUT2D eigenvalue weighted by molar-refractivity contribution is 0.0824. The fraction of sp³-hybridized carbons (Fsp3) is 0.158. The summed E-state index contributed by atoms with van der Waals surface area (Å²) in [7, 11) is 3.14. The molecule has 0 radical (unpaired) electrons. The van der Waals surface area contributed by atoms with Crippen molar-refractivity contribution in [2.24, 2.45) is 0 Å². The highest BCUT2D eigenvalue weighted by molar-refractivity contribution is 5.99. The maximum Gasteiger partial charge on any atom is 0.257 e. The number of rotatable bonds is 6. The third-order valence-electron chi connectivity index (χ3n) is 4.06. The van der Waals surface area contributed by atoms with Crippen molar-refractivity contribution in [3.63, 3.8) is 0 Å². The molecule has 0 fully saturated rings. The Hall–Kier alpha value is -3.68. The van der Waals surface area contributed by atoms with E-state index in [1.165, 1.54) is 17.0 Å². The van der Waals surface area contributed by atoms with Gasteiger partial charge in [-0.2, -0.15) is 0 Å². The van der Waals surface area contributed by atoms with Crippen LogP contribution in [-0.4, -0.2) is 35.0 Å². The standard InChI is InChI=1S/C19H18N4O4/c1-23(2)19(27)12-4-3-5-13(16(12)24)22-15-14(17(25)18(15)26)21-10-11-6-8-20-9-7-11/h3-9,21-22,24H,10H2,1-2H3. The lowest BCUT2D eigenvalue weighted by Crippen LogP contribution is -2.36. The number of para-hydroxylation sites is 1. The smallest absolute Gasteiger partial charge is 0.257 e. The van der Waals surface area contributed by atoms with Crippen LogP contribution >= 0.6 is 0 Å². The molecule has 0 aliphatic carbocycles. The van der Waals surface area contributed by atoms with Crippen molar-refractivity contribution in [2.75, 3.05) is 24.7 Å². The number of hydrogen-bond donors (Lipinski definition) is 3. The lowest BCUT2D eigenvalue weighted by Gasteiger charge is -2.17. The first-order valence-corrected chi connectivity index (χ1v) is 8.17. The molecule has 3 rings (SSSR count). The molecule has 0 saturated carbocycles. The average Bonchev–Trinajstić information content (AvgIpc) is 2.68. The van der Waals surface area contributed by atoms with E-state index in [4.69, 9.17) is 0 Å². The Labute approximate surface area is 154 Å². The van der Waals surface area contributed by atoms with Crippen molar-refractivity contribution >= 4 is 23.0 Å². The minimum Gasteiger partial charge on any atom is -0.505 e. The van der Waals surface area contributed by atoms with E-state index in [2.05, 4.69) is 15.6 Å². The quantitative estimate of drug-likeness (QED) is 0.447. The van der Waals surface area contributed by atoms with Gasteiger partial charge in [-0.15, -0.1) is 0 Å². The molecule has 0 atom stereocenters. The van der Waals surface area contributed by atoms with Gasteiger partial charge in [0.1, 0.15) is 11.4 Å². The molecule has 1 aromatic heterocycles. The van der Waals surface area contributed by atoms with Crippen molar-refractivity contribution in [2.45, 2.75) is 6.54 Å². The summed E-state index contributed by atoms with van der Waals surface area (Å²) in [5.74, 6) is -0.665. The molecule has 0 unspecified atom stereocenters. The molecule has 0 spiro atoms. The minimum atomic E-state index is -0.684. The molecule has 138 valence electrons. The summed E-state index contributed by atoms with van der Waals surface area (Å²) >= 11 is 0. The Morgan fingerprint density at radius 2 is 1.74 bits per heavy atom. The van der Waals surface area contributed by atoms with Crippen LogP contribution in [0, 0.1) is 0 Å². The molecule has 0 aliphatic heterocycles. The highest BCUT2D eigenvalue weighted by Crippen LogP contribution is 2.32. The van der Waals surface area contributed by atoms with E-state index < -0.39 is 10.9 Å². The number of carbonyl (C=O) groups excluding carboxylic acids is 1. The number of aromatic nitrogens is 1. The number of nitrogens with one attached hydrogen (secondary N) is 2. The Morgan fingerprint density at radius 1 is 1.07 bits per heavy atom. The molecule has 8 nitrogen and oxygen atoms in total. The van der Waals surface area contributed by atoms with Gasteiger partial charge in [0.25, 0.3) is 16.8 Å². The molecule has 3 N–H and O–H groups in total. The summed E-state index contributed by atoms with van der Waals surface area (Å²) in [6.07, 6.45) is 3.26. The second-order valence-corrected chi connectivity index (χ2v) is 6.14. The fourth-order valence-electron chi connectivity index (χ4n) is 2.56. The third kappa shape index (κ3) is 3.50. The molecular weight excluding hydrogens is 348 g/mol. The largest absolute Gasteiger partial charge is 0.505 e. The average molecular weight is 366 g/mol. The maximum atomic E-state index is 12.1. The van der Waals surface area contributed by atoms with Gasteiger partial charge >= 0.3 is 0 Å². The predicted octanol–water partition coefficient (Wildman–Crippen LogP) is 1.44. The first-order chi connectivity index (χ1) is 12.9. The van der Waals surface area contributed by atoms with Crippen LogP contribution in [0.25, 0.3) is 0 Å². The highest BCUT2D eigenvalue weighted by Gasteiger charge is 2.23. The van der Waals surface area contributed by atoms with Gasteiger partial charge in [0, 0.05) is 33.0 Å². The van der Waals surface area contributed by atoms with Crippen LogP contribution in [0.1, 0.15) is 15.9 Å². The van der Waals surface area contributed by atoms with Gasteiger partial charge in [-0.05, 0) is 29.8 Å². The van der Waals surface area contributed by atoms with Crippen molar-refractivity contribution in [1.82, 2.24) is 9.88 Å². The number of amides is 1. The van der Waals surface area contributed by atoms with Crippen LogP contribution in [0.4, 0.5) is 17.1 Å². The van der Waals surface area contributed by atoms with Crippen LogP contribution in [0.5, 0.6) is 5.75 Å². The zero-order chi connectivity index (χ0) is 19.6. The van der Waals surface area contributed by atoms with E-state index in [1.807, 2.05) is 0 Å². The fourth-order valence-corrected chi connectivity index (χ4v) is 2.56. The Kier molecular flexibility index (Phi) is 4.89. The highest BCUT2D eigenvalue weighted by atomic mass is 16.3. The molecule has 1 heterocycles. The minimum absolute atomic E-state index is 0.0545. The van der Waals surface area contributed by atoms with E-state index in [0.29, 0.717) is 6.54 Å². The van der Waals surface area contributed by atoms with Crippen LogP contribution < -0.4 is 21.5 Å². The number of benzene rings is 1. The molecular formula is C19H18N4O4. The van der Waals surface area contributed by atoms with Crippen LogP contribution in [0.2, 0.25) is 0 Å². The normalized spacial score (nSPS) is 10.6. The van der Waals surface area contributed by atoms with Crippen LogP contribution in [0.3, 0.4) is 0 Å². The van der Waals surface area contributed by atoms with Crippen molar-refractivity contribution in [3.8, 4) is 5.75 Å². The molecule has 0 aliphatic rings. The van der Waals surface area contributed by atoms with Gasteiger partial charge in [0.15, 0.2) is 5.75 Å². The molecule has 1 amide bonds. The summed E-state index contributed by atoms with van der Waals surface area (Å²) in [4.78, 5) is 41.2. The van der Waals surface area contributed by atoms with Crippen molar-refractivity contribution in [3.05, 3.63) is 74.3 Å². The number of pyridine rings is 1. The van der Waals surface area contributed by atoms with Gasteiger partial charge < -0.3 is 20.6 Å². The lowest BCUT2D eigenvalue weighted by atomic mass is 10.1. The van der Waals surface area contributed by atoms with Gasteiger partial charge in [0.2, 0.25) is 0 Å². The SMILES string of the molecule is CN(C)C(=O)c1cccc(Nc2c(NCc3ccncc3)c(=O)c2=O)c1O. The number of hydrogen-bond acceptors (Lipinski definition) is 7. The summed E-state index contributed by atoms with van der Waals surface area (Å²) in [6.45, 7) is 0.340. The summed E-state index contributed by atoms with van der Waals surface area (Å²) in [5.41, 5.74) is 0.0315. The van der Waals surface area contributed by atoms with Gasteiger partial charge in [0.05, 0.1) is 11.3 Å². The maximum absolute atomic E-state index is 12.1. The first kappa shape index (κ1) is 18.1. The second-order valence-electron chi connectivity index (χ2n) is 6.14. The van der Waals surface area contributed by atoms with Crippen molar-refractivity contribution in [1.29, 1.82) is 0 Å². The number of phenols is 1. The summed E-state index contributed by atoms with van der Waals surface area (Å²) in [5, 5.41) is 16.1. The molecule has 27 heavy (non-hydrogen) atoms. The first-order valence-electron chi connectivity index (χ1n) is 8.17. The third-order valence-corrected chi connectivity index (χ3v) is 4.06. The second kappa shape index (κ2) is 7.28. The molecule has 2 aromatic carbocycles. The monoisotopic (exact) mass is 366 g/mol. The topological polar surface area (TPSA) is 112 Å². The molecule has 8 heteroatoms. The predicted molar refractivity (Wildman–Crippen MR) is 102 cm³/mol. The van der Waals surface area contributed by atoms with E-state index >= 15 is 0 Å².